The highest BCUT2D eigenvalue weighted by Gasteiger charge is 2.13. The maximum atomic E-state index is 11.9. The van der Waals surface area contributed by atoms with E-state index >= 15 is 0 Å². The van der Waals surface area contributed by atoms with Gasteiger partial charge in [0.25, 0.3) is 0 Å². The smallest absolute Gasteiger partial charge is 0.249 e. The van der Waals surface area contributed by atoms with Crippen LogP contribution < -0.4 is 5.32 Å². The fourth-order valence-electron chi connectivity index (χ4n) is 1.93. The first-order chi connectivity index (χ1) is 10.6. The first-order valence-corrected chi connectivity index (χ1v) is 7.99. The third kappa shape index (κ3) is 4.79. The Hall–Kier alpha value is -1.44. The summed E-state index contributed by atoms with van der Waals surface area (Å²) in [4.78, 5) is 16.4. The maximum absolute atomic E-state index is 11.9. The summed E-state index contributed by atoms with van der Waals surface area (Å²) in [6.45, 7) is 5.57. The van der Waals surface area contributed by atoms with E-state index in [1.54, 1.807) is 6.92 Å². The second-order valence-corrected chi connectivity index (χ2v) is 5.69. The van der Waals surface area contributed by atoms with Gasteiger partial charge in [0.2, 0.25) is 5.91 Å². The zero-order chi connectivity index (χ0) is 15.9. The van der Waals surface area contributed by atoms with Crippen LogP contribution in [0.2, 0.25) is 0 Å². The van der Waals surface area contributed by atoms with Crippen molar-refractivity contribution >= 4 is 27.5 Å². The first-order valence-electron chi connectivity index (χ1n) is 7.20. The zero-order valence-electron chi connectivity index (χ0n) is 12.7. The number of fused-ring (bicyclic) bond motifs is 1. The molecule has 0 fully saturated rings. The maximum Gasteiger partial charge on any atom is 0.249 e. The normalized spacial score (nSPS) is 12.5. The van der Waals surface area contributed by atoms with Gasteiger partial charge in [-0.25, -0.2) is 4.98 Å². The van der Waals surface area contributed by atoms with Crippen LogP contribution in [0, 0.1) is 0 Å². The minimum atomic E-state index is -0.508. The topological polar surface area (TPSA) is 64.9 Å². The number of hydrogen-bond donors (Lipinski definition) is 1. The van der Waals surface area contributed by atoms with Crippen LogP contribution in [0.3, 0.4) is 0 Å². The van der Waals surface area contributed by atoms with Crippen molar-refractivity contribution in [3.8, 4) is 0 Å². The van der Waals surface area contributed by atoms with Crippen molar-refractivity contribution in [3.63, 3.8) is 0 Å². The zero-order valence-corrected chi connectivity index (χ0v) is 14.3. The van der Waals surface area contributed by atoms with Crippen LogP contribution in [0.1, 0.15) is 19.5 Å². The highest BCUT2D eigenvalue weighted by molar-refractivity contribution is 9.10. The highest BCUT2D eigenvalue weighted by atomic mass is 79.9. The van der Waals surface area contributed by atoms with Gasteiger partial charge in [0.1, 0.15) is 11.8 Å². The van der Waals surface area contributed by atoms with Gasteiger partial charge >= 0.3 is 0 Å². The van der Waals surface area contributed by atoms with Gasteiger partial charge in [-0.2, -0.15) is 0 Å². The van der Waals surface area contributed by atoms with E-state index in [2.05, 4.69) is 26.2 Å². The molecule has 0 saturated heterocycles. The number of rotatable bonds is 8. The van der Waals surface area contributed by atoms with Gasteiger partial charge in [-0.15, -0.1) is 0 Å². The standard InChI is InChI=1S/C15H20BrN3O3/c1-3-21-6-7-22-11(2)15(20)17-8-13-10-19-9-12(16)4-5-14(19)18-13/h4-5,9-11H,3,6-8H2,1-2H3,(H,17,20)/t11-/m1/s1. The fourth-order valence-corrected chi connectivity index (χ4v) is 2.28. The van der Waals surface area contributed by atoms with Crippen LogP contribution in [-0.4, -0.2) is 41.2 Å². The molecule has 2 aromatic rings. The number of nitrogens with zero attached hydrogens (tertiary/aromatic N) is 2. The second-order valence-electron chi connectivity index (χ2n) is 4.77. The first kappa shape index (κ1) is 16.9. The van der Waals surface area contributed by atoms with Gasteiger partial charge in [-0.3, -0.25) is 4.79 Å². The summed E-state index contributed by atoms with van der Waals surface area (Å²) in [6, 6.07) is 3.84. The Morgan fingerprint density at radius 1 is 1.41 bits per heavy atom. The van der Waals surface area contributed by atoms with E-state index in [1.165, 1.54) is 0 Å². The van der Waals surface area contributed by atoms with Gasteiger partial charge in [0, 0.05) is 23.5 Å². The average molecular weight is 370 g/mol. The van der Waals surface area contributed by atoms with Gasteiger partial charge in [-0.1, -0.05) is 0 Å². The molecule has 0 saturated carbocycles. The number of hydrogen-bond acceptors (Lipinski definition) is 4. The molecule has 2 rings (SSSR count). The number of carbonyl (C=O) groups is 1. The summed E-state index contributed by atoms with van der Waals surface area (Å²) in [6.07, 6.45) is 3.31. The Morgan fingerprint density at radius 2 is 2.23 bits per heavy atom. The van der Waals surface area contributed by atoms with Gasteiger partial charge in [-0.05, 0) is 41.9 Å². The van der Waals surface area contributed by atoms with Crippen LogP contribution in [0.25, 0.3) is 5.65 Å². The molecule has 0 unspecified atom stereocenters. The van der Waals surface area contributed by atoms with E-state index < -0.39 is 6.10 Å². The fraction of sp³-hybridized carbons (Fsp3) is 0.467. The van der Waals surface area contributed by atoms with Crippen molar-refractivity contribution in [1.82, 2.24) is 14.7 Å². The molecule has 1 atom stereocenters. The molecule has 7 heteroatoms. The lowest BCUT2D eigenvalue weighted by molar-refractivity contribution is -0.132. The van der Waals surface area contributed by atoms with Crippen LogP contribution in [-0.2, 0) is 20.8 Å². The number of aromatic nitrogens is 2. The molecule has 0 spiro atoms. The summed E-state index contributed by atoms with van der Waals surface area (Å²) < 4.78 is 13.4. The van der Waals surface area contributed by atoms with Gasteiger partial charge in [0.15, 0.2) is 0 Å². The molecule has 2 heterocycles. The van der Waals surface area contributed by atoms with Crippen molar-refractivity contribution in [1.29, 1.82) is 0 Å². The predicted octanol–water partition coefficient (Wildman–Crippen LogP) is 2.15. The Kier molecular flexibility index (Phi) is 6.35. The number of carbonyl (C=O) groups excluding carboxylic acids is 1. The summed E-state index contributed by atoms with van der Waals surface area (Å²) in [5, 5.41) is 2.82. The molecular weight excluding hydrogens is 350 g/mol. The molecular formula is C15H20BrN3O3. The highest BCUT2D eigenvalue weighted by Crippen LogP contribution is 2.12. The number of pyridine rings is 1. The molecule has 0 aliphatic heterocycles. The van der Waals surface area contributed by atoms with Crippen molar-refractivity contribution in [2.75, 3.05) is 19.8 Å². The van der Waals surface area contributed by atoms with E-state index in [0.29, 0.717) is 26.4 Å². The third-order valence-electron chi connectivity index (χ3n) is 3.08. The van der Waals surface area contributed by atoms with E-state index in [1.807, 2.05) is 35.9 Å². The summed E-state index contributed by atoms with van der Waals surface area (Å²) in [7, 11) is 0. The molecule has 1 amide bonds. The van der Waals surface area contributed by atoms with Crippen molar-refractivity contribution < 1.29 is 14.3 Å². The lowest BCUT2D eigenvalue weighted by Gasteiger charge is -2.12. The average Bonchev–Trinajstić information content (AvgIpc) is 2.90. The summed E-state index contributed by atoms with van der Waals surface area (Å²) in [5.41, 5.74) is 1.64. The molecule has 6 nitrogen and oxygen atoms in total. The molecule has 22 heavy (non-hydrogen) atoms. The molecule has 2 aromatic heterocycles. The number of halogens is 1. The largest absolute Gasteiger partial charge is 0.379 e. The van der Waals surface area contributed by atoms with Crippen LogP contribution in [0.15, 0.2) is 29.0 Å². The molecule has 0 aliphatic carbocycles. The Morgan fingerprint density at radius 3 is 3.00 bits per heavy atom. The molecule has 0 aliphatic rings. The molecule has 0 radical (unpaired) electrons. The van der Waals surface area contributed by atoms with E-state index in [0.717, 1.165) is 15.8 Å². The molecule has 120 valence electrons. The molecule has 0 aromatic carbocycles. The summed E-state index contributed by atoms with van der Waals surface area (Å²) >= 11 is 3.41. The van der Waals surface area contributed by atoms with Crippen molar-refractivity contribution in [2.45, 2.75) is 26.5 Å². The lowest BCUT2D eigenvalue weighted by Crippen LogP contribution is -2.34. The monoisotopic (exact) mass is 369 g/mol. The number of ether oxygens (including phenoxy) is 2. The second kappa shape index (κ2) is 8.26. The van der Waals surface area contributed by atoms with Crippen LogP contribution >= 0.6 is 15.9 Å². The Bertz CT molecular complexity index is 630. The molecule has 1 N–H and O–H groups in total. The quantitative estimate of drug-likeness (QED) is 0.724. The third-order valence-corrected chi connectivity index (χ3v) is 3.55. The van der Waals surface area contributed by atoms with Gasteiger partial charge < -0.3 is 19.2 Å². The minimum absolute atomic E-state index is 0.158. The van der Waals surface area contributed by atoms with Crippen LogP contribution in [0.5, 0.6) is 0 Å². The molecule has 0 bridgehead atoms. The number of amides is 1. The van der Waals surface area contributed by atoms with Crippen molar-refractivity contribution in [3.05, 3.63) is 34.7 Å². The predicted molar refractivity (Wildman–Crippen MR) is 86.6 cm³/mol. The van der Waals surface area contributed by atoms with E-state index in [-0.39, 0.29) is 5.91 Å². The van der Waals surface area contributed by atoms with Crippen LogP contribution in [0.4, 0.5) is 0 Å². The van der Waals surface area contributed by atoms with Crippen molar-refractivity contribution in [2.24, 2.45) is 0 Å². The SMILES string of the molecule is CCOCCO[C@H](C)C(=O)NCc1cn2cc(Br)ccc2n1. The minimum Gasteiger partial charge on any atom is -0.379 e. The van der Waals surface area contributed by atoms with E-state index in [4.69, 9.17) is 9.47 Å². The Balaban J connectivity index is 1.81. The van der Waals surface area contributed by atoms with Gasteiger partial charge in [0.05, 0.1) is 25.5 Å². The Labute approximate surface area is 137 Å². The lowest BCUT2D eigenvalue weighted by atomic mass is 10.3. The van der Waals surface area contributed by atoms with E-state index in [9.17, 15) is 4.79 Å². The summed E-state index contributed by atoms with van der Waals surface area (Å²) in [5.74, 6) is -0.158. The number of nitrogens with one attached hydrogen (secondary N) is 1. The number of imidazole rings is 1.